The number of hydrogen-bond acceptors (Lipinski definition) is 5. The summed E-state index contributed by atoms with van der Waals surface area (Å²) in [6, 6.07) is 1.75. The summed E-state index contributed by atoms with van der Waals surface area (Å²) >= 11 is 0. The number of furan rings is 1. The predicted molar refractivity (Wildman–Crippen MR) is 97.1 cm³/mol. The Morgan fingerprint density at radius 2 is 1.96 bits per heavy atom. The molecule has 0 unspecified atom stereocenters. The number of aryl methyl sites for hydroxylation is 1. The SMILES string of the molecule is COCC1(C(=O)NCCCNC(=O)c2occc2C)CCNCC1.Cl. The van der Waals surface area contributed by atoms with E-state index in [0.29, 0.717) is 31.9 Å². The summed E-state index contributed by atoms with van der Waals surface area (Å²) in [6.45, 7) is 4.93. The Morgan fingerprint density at radius 3 is 2.56 bits per heavy atom. The van der Waals surface area contributed by atoms with Gasteiger partial charge in [0.1, 0.15) is 0 Å². The van der Waals surface area contributed by atoms with Crippen LogP contribution in [0.1, 0.15) is 35.4 Å². The fourth-order valence-electron chi connectivity index (χ4n) is 2.98. The summed E-state index contributed by atoms with van der Waals surface area (Å²) in [5, 5.41) is 9.04. The van der Waals surface area contributed by atoms with Crippen LogP contribution in [-0.4, -0.2) is 51.7 Å². The molecule has 25 heavy (non-hydrogen) atoms. The molecule has 1 fully saturated rings. The van der Waals surface area contributed by atoms with Crippen molar-refractivity contribution in [3.63, 3.8) is 0 Å². The quantitative estimate of drug-likeness (QED) is 0.597. The molecule has 0 aliphatic carbocycles. The standard InChI is InChI=1S/C17H27N3O4.ClH/c1-13-4-11-24-14(13)15(21)19-7-3-8-20-16(22)17(12-23-2)5-9-18-10-6-17;/h4,11,18H,3,5-10,12H2,1-2H3,(H,19,21)(H,20,22);1H. The average molecular weight is 374 g/mol. The Labute approximate surface area is 154 Å². The van der Waals surface area contributed by atoms with Crippen molar-refractivity contribution in [2.75, 3.05) is 39.9 Å². The zero-order chi connectivity index (χ0) is 17.4. The number of methoxy groups -OCH3 is 1. The highest BCUT2D eigenvalue weighted by atomic mass is 35.5. The van der Waals surface area contributed by atoms with E-state index in [1.165, 1.54) is 6.26 Å². The number of piperidine rings is 1. The molecule has 8 heteroatoms. The summed E-state index contributed by atoms with van der Waals surface area (Å²) in [5.41, 5.74) is 0.377. The van der Waals surface area contributed by atoms with Crippen LogP contribution in [0.5, 0.6) is 0 Å². The van der Waals surface area contributed by atoms with Gasteiger partial charge in [0.25, 0.3) is 5.91 Å². The molecule has 2 heterocycles. The van der Waals surface area contributed by atoms with Crippen LogP contribution in [0.25, 0.3) is 0 Å². The monoisotopic (exact) mass is 373 g/mol. The largest absolute Gasteiger partial charge is 0.459 e. The molecule has 7 nitrogen and oxygen atoms in total. The summed E-state index contributed by atoms with van der Waals surface area (Å²) in [4.78, 5) is 24.4. The first kappa shape index (κ1) is 21.5. The number of halogens is 1. The molecule has 1 aliphatic heterocycles. The van der Waals surface area contributed by atoms with Crippen LogP contribution in [0.3, 0.4) is 0 Å². The average Bonchev–Trinajstić information content (AvgIpc) is 3.01. The fraction of sp³-hybridized carbons (Fsp3) is 0.647. The van der Waals surface area contributed by atoms with E-state index in [9.17, 15) is 9.59 Å². The van der Waals surface area contributed by atoms with Crippen molar-refractivity contribution >= 4 is 24.2 Å². The molecule has 3 N–H and O–H groups in total. The van der Waals surface area contributed by atoms with Crippen LogP contribution in [-0.2, 0) is 9.53 Å². The number of rotatable bonds is 8. The second-order valence-corrected chi connectivity index (χ2v) is 6.26. The van der Waals surface area contributed by atoms with Crippen molar-refractivity contribution in [2.24, 2.45) is 5.41 Å². The van der Waals surface area contributed by atoms with E-state index in [-0.39, 0.29) is 24.2 Å². The number of amides is 2. The molecule has 142 valence electrons. The van der Waals surface area contributed by atoms with Crippen molar-refractivity contribution in [1.82, 2.24) is 16.0 Å². The second kappa shape index (κ2) is 10.4. The van der Waals surface area contributed by atoms with Gasteiger partial charge in [0.15, 0.2) is 5.76 Å². The van der Waals surface area contributed by atoms with Gasteiger partial charge < -0.3 is 25.1 Å². The molecule has 0 spiro atoms. The van der Waals surface area contributed by atoms with E-state index < -0.39 is 5.41 Å². The number of nitrogens with one attached hydrogen (secondary N) is 3. The first-order chi connectivity index (χ1) is 11.6. The molecule has 1 aromatic heterocycles. The maximum absolute atomic E-state index is 12.5. The molecular weight excluding hydrogens is 346 g/mol. The van der Waals surface area contributed by atoms with E-state index in [1.807, 2.05) is 6.92 Å². The van der Waals surface area contributed by atoms with E-state index in [4.69, 9.17) is 9.15 Å². The highest BCUT2D eigenvalue weighted by molar-refractivity contribution is 5.92. The predicted octanol–water partition coefficient (Wildman–Crippen LogP) is 1.26. The molecule has 0 bridgehead atoms. The van der Waals surface area contributed by atoms with Crippen molar-refractivity contribution < 1.29 is 18.7 Å². The highest BCUT2D eigenvalue weighted by Crippen LogP contribution is 2.29. The third kappa shape index (κ3) is 5.73. The zero-order valence-electron chi connectivity index (χ0n) is 14.9. The van der Waals surface area contributed by atoms with Crippen LogP contribution in [0.15, 0.2) is 16.7 Å². The first-order valence-electron chi connectivity index (χ1n) is 8.39. The third-order valence-electron chi connectivity index (χ3n) is 4.46. The van der Waals surface area contributed by atoms with Crippen molar-refractivity contribution in [2.45, 2.75) is 26.2 Å². The molecule has 0 radical (unpaired) electrons. The van der Waals surface area contributed by atoms with Gasteiger partial charge in [-0.25, -0.2) is 0 Å². The minimum absolute atomic E-state index is 0. The lowest BCUT2D eigenvalue weighted by molar-refractivity contribution is -0.136. The molecule has 0 atom stereocenters. The topological polar surface area (TPSA) is 92.6 Å². The smallest absolute Gasteiger partial charge is 0.287 e. The van der Waals surface area contributed by atoms with Crippen LogP contribution in [0.4, 0.5) is 0 Å². The van der Waals surface area contributed by atoms with E-state index >= 15 is 0 Å². The van der Waals surface area contributed by atoms with E-state index in [1.54, 1.807) is 13.2 Å². The van der Waals surface area contributed by atoms with Gasteiger partial charge in [0.2, 0.25) is 5.91 Å². The van der Waals surface area contributed by atoms with Crippen LogP contribution in [0, 0.1) is 12.3 Å². The van der Waals surface area contributed by atoms with Gasteiger partial charge in [-0.05, 0) is 45.3 Å². The van der Waals surface area contributed by atoms with Gasteiger partial charge in [-0.15, -0.1) is 12.4 Å². The maximum atomic E-state index is 12.5. The van der Waals surface area contributed by atoms with Crippen molar-refractivity contribution in [1.29, 1.82) is 0 Å². The number of carbonyl (C=O) groups is 2. The van der Waals surface area contributed by atoms with Gasteiger partial charge >= 0.3 is 0 Å². The Bertz CT molecular complexity index is 550. The summed E-state index contributed by atoms with van der Waals surface area (Å²) < 4.78 is 10.4. The Kier molecular flexibility index (Phi) is 8.96. The molecular formula is C17H28ClN3O4. The molecule has 1 aliphatic rings. The molecule has 2 rings (SSSR count). The first-order valence-corrected chi connectivity index (χ1v) is 8.39. The minimum Gasteiger partial charge on any atom is -0.459 e. The minimum atomic E-state index is -0.436. The fourth-order valence-corrected chi connectivity index (χ4v) is 2.98. The highest BCUT2D eigenvalue weighted by Gasteiger charge is 2.39. The number of hydrogen-bond donors (Lipinski definition) is 3. The summed E-state index contributed by atoms with van der Waals surface area (Å²) in [5.74, 6) is 0.157. The van der Waals surface area contributed by atoms with Crippen LogP contribution >= 0.6 is 12.4 Å². The van der Waals surface area contributed by atoms with Crippen molar-refractivity contribution in [3.05, 3.63) is 23.7 Å². The Morgan fingerprint density at radius 1 is 1.28 bits per heavy atom. The summed E-state index contributed by atoms with van der Waals surface area (Å²) in [7, 11) is 1.63. The lowest BCUT2D eigenvalue weighted by atomic mass is 9.78. The maximum Gasteiger partial charge on any atom is 0.287 e. The second-order valence-electron chi connectivity index (χ2n) is 6.26. The van der Waals surface area contributed by atoms with Gasteiger partial charge in [-0.2, -0.15) is 0 Å². The molecule has 1 saturated heterocycles. The number of carbonyl (C=O) groups excluding carboxylic acids is 2. The Balaban J connectivity index is 0.00000312. The molecule has 0 saturated carbocycles. The molecule has 0 aromatic carbocycles. The normalized spacial score (nSPS) is 15.9. The van der Waals surface area contributed by atoms with Crippen LogP contribution in [0.2, 0.25) is 0 Å². The lowest BCUT2D eigenvalue weighted by Crippen LogP contribution is -2.50. The van der Waals surface area contributed by atoms with E-state index in [2.05, 4.69) is 16.0 Å². The van der Waals surface area contributed by atoms with Gasteiger partial charge in [-0.3, -0.25) is 9.59 Å². The molecule has 2 amide bonds. The Hall–Kier alpha value is -1.57. The summed E-state index contributed by atoms with van der Waals surface area (Å²) in [6.07, 6.45) is 3.72. The van der Waals surface area contributed by atoms with Gasteiger partial charge in [0, 0.05) is 25.8 Å². The lowest BCUT2D eigenvalue weighted by Gasteiger charge is -2.35. The van der Waals surface area contributed by atoms with Crippen LogP contribution < -0.4 is 16.0 Å². The zero-order valence-corrected chi connectivity index (χ0v) is 15.7. The van der Waals surface area contributed by atoms with E-state index in [0.717, 1.165) is 31.5 Å². The third-order valence-corrected chi connectivity index (χ3v) is 4.46. The number of ether oxygens (including phenoxy) is 1. The molecule has 1 aromatic rings. The van der Waals surface area contributed by atoms with Gasteiger partial charge in [-0.1, -0.05) is 0 Å². The van der Waals surface area contributed by atoms with Crippen molar-refractivity contribution in [3.8, 4) is 0 Å². The van der Waals surface area contributed by atoms with Gasteiger partial charge in [0.05, 0.1) is 18.3 Å².